The van der Waals surface area contributed by atoms with Gasteiger partial charge in [-0.25, -0.2) is 4.98 Å². The number of ether oxygens (including phenoxy) is 1. The summed E-state index contributed by atoms with van der Waals surface area (Å²) >= 11 is 0. The maximum Gasteiger partial charge on any atom is 0.433 e. The first-order chi connectivity index (χ1) is 8.45. The third-order valence-corrected chi connectivity index (χ3v) is 1.98. The Morgan fingerprint density at radius 1 is 1.06 bits per heavy atom. The molecule has 0 fully saturated rings. The molecule has 2 aromatic rings. The van der Waals surface area contributed by atoms with Gasteiger partial charge in [-0.3, -0.25) is 0 Å². The molecule has 1 aromatic carbocycles. The molecule has 0 atom stereocenters. The standard InChI is InChI=1S/C11H8F3N3O/c12-11(13,14)8-6-9(17-10(15)16-8)18-7-4-2-1-3-5-7/h1-6H,(H2,15,16,17). The van der Waals surface area contributed by atoms with Crippen LogP contribution in [-0.4, -0.2) is 9.97 Å². The number of rotatable bonds is 2. The zero-order valence-electron chi connectivity index (χ0n) is 8.98. The molecule has 0 saturated carbocycles. The van der Waals surface area contributed by atoms with Crippen molar-refractivity contribution in [2.45, 2.75) is 6.18 Å². The normalized spacial score (nSPS) is 11.3. The molecule has 0 aliphatic heterocycles. The summed E-state index contributed by atoms with van der Waals surface area (Å²) in [7, 11) is 0. The number of alkyl halides is 3. The molecule has 0 bridgehead atoms. The van der Waals surface area contributed by atoms with Crippen LogP contribution < -0.4 is 10.5 Å². The highest BCUT2D eigenvalue weighted by molar-refractivity contribution is 5.32. The summed E-state index contributed by atoms with van der Waals surface area (Å²) < 4.78 is 42.6. The van der Waals surface area contributed by atoms with E-state index in [4.69, 9.17) is 10.5 Å². The van der Waals surface area contributed by atoms with Crippen LogP contribution >= 0.6 is 0 Å². The predicted octanol–water partition coefficient (Wildman–Crippen LogP) is 2.87. The molecule has 0 spiro atoms. The number of para-hydroxylation sites is 1. The summed E-state index contributed by atoms with van der Waals surface area (Å²) in [6.45, 7) is 0. The summed E-state index contributed by atoms with van der Waals surface area (Å²) in [5, 5.41) is 0. The summed E-state index contributed by atoms with van der Waals surface area (Å²) in [6, 6.07) is 9.00. The minimum Gasteiger partial charge on any atom is -0.439 e. The van der Waals surface area contributed by atoms with Crippen LogP contribution in [0, 0.1) is 0 Å². The highest BCUT2D eigenvalue weighted by Gasteiger charge is 2.33. The van der Waals surface area contributed by atoms with Crippen LogP contribution in [0.5, 0.6) is 11.6 Å². The van der Waals surface area contributed by atoms with Crippen LogP contribution in [0.2, 0.25) is 0 Å². The monoisotopic (exact) mass is 255 g/mol. The van der Waals surface area contributed by atoms with Gasteiger partial charge in [0.15, 0.2) is 5.69 Å². The van der Waals surface area contributed by atoms with Gasteiger partial charge in [0.2, 0.25) is 11.8 Å². The number of nitrogens with two attached hydrogens (primary N) is 1. The Morgan fingerprint density at radius 2 is 1.72 bits per heavy atom. The smallest absolute Gasteiger partial charge is 0.433 e. The SMILES string of the molecule is Nc1nc(Oc2ccccc2)cc(C(F)(F)F)n1. The minimum atomic E-state index is -4.59. The molecule has 0 unspecified atom stereocenters. The van der Waals surface area contributed by atoms with Gasteiger partial charge in [0.1, 0.15) is 5.75 Å². The van der Waals surface area contributed by atoms with Crippen molar-refractivity contribution < 1.29 is 17.9 Å². The molecule has 1 aromatic heterocycles. The van der Waals surface area contributed by atoms with Crippen molar-refractivity contribution >= 4 is 5.95 Å². The molecular weight excluding hydrogens is 247 g/mol. The quantitative estimate of drug-likeness (QED) is 0.896. The minimum absolute atomic E-state index is 0.249. The van der Waals surface area contributed by atoms with E-state index < -0.39 is 17.8 Å². The van der Waals surface area contributed by atoms with Crippen LogP contribution in [0.3, 0.4) is 0 Å². The first kappa shape index (κ1) is 12.2. The van der Waals surface area contributed by atoms with Crippen LogP contribution in [0.15, 0.2) is 36.4 Å². The van der Waals surface area contributed by atoms with Crippen LogP contribution in [0.25, 0.3) is 0 Å². The van der Waals surface area contributed by atoms with Gasteiger partial charge in [-0.1, -0.05) is 18.2 Å². The lowest BCUT2D eigenvalue weighted by Gasteiger charge is -2.09. The Labute approximate surface area is 100 Å². The first-order valence-electron chi connectivity index (χ1n) is 4.90. The molecule has 0 aliphatic carbocycles. The van der Waals surface area contributed by atoms with E-state index in [9.17, 15) is 13.2 Å². The molecule has 0 amide bonds. The Hall–Kier alpha value is -2.31. The molecule has 1 heterocycles. The lowest BCUT2D eigenvalue weighted by Crippen LogP contribution is -2.11. The second-order valence-corrected chi connectivity index (χ2v) is 3.36. The largest absolute Gasteiger partial charge is 0.439 e. The molecule has 18 heavy (non-hydrogen) atoms. The summed E-state index contributed by atoms with van der Waals surface area (Å²) in [5.74, 6) is -0.375. The fourth-order valence-corrected chi connectivity index (χ4v) is 1.25. The first-order valence-corrected chi connectivity index (χ1v) is 4.90. The second-order valence-electron chi connectivity index (χ2n) is 3.36. The zero-order valence-corrected chi connectivity index (χ0v) is 8.98. The highest BCUT2D eigenvalue weighted by Crippen LogP contribution is 2.30. The van der Waals surface area contributed by atoms with Gasteiger partial charge in [-0.2, -0.15) is 18.2 Å². The molecule has 2 N–H and O–H groups in total. The van der Waals surface area contributed by atoms with Gasteiger partial charge >= 0.3 is 6.18 Å². The number of benzene rings is 1. The summed E-state index contributed by atoms with van der Waals surface area (Å²) in [6.07, 6.45) is -4.59. The Kier molecular flexibility index (Phi) is 3.05. The second kappa shape index (κ2) is 4.52. The van der Waals surface area contributed by atoms with Crippen LogP contribution in [0.1, 0.15) is 5.69 Å². The number of nitrogen functional groups attached to an aromatic ring is 1. The van der Waals surface area contributed by atoms with Gasteiger partial charge in [-0.05, 0) is 12.1 Å². The topological polar surface area (TPSA) is 61.0 Å². The van der Waals surface area contributed by atoms with Crippen molar-refractivity contribution in [1.82, 2.24) is 9.97 Å². The van der Waals surface area contributed by atoms with Crippen molar-refractivity contribution in [3.63, 3.8) is 0 Å². The van der Waals surface area contributed by atoms with Crippen LogP contribution in [0.4, 0.5) is 19.1 Å². The summed E-state index contributed by atoms with van der Waals surface area (Å²) in [4.78, 5) is 6.70. The van der Waals surface area contributed by atoms with Crippen molar-refractivity contribution in [3.8, 4) is 11.6 Å². The fourth-order valence-electron chi connectivity index (χ4n) is 1.25. The number of anilines is 1. The fraction of sp³-hybridized carbons (Fsp3) is 0.0909. The number of hydrogen-bond donors (Lipinski definition) is 1. The third-order valence-electron chi connectivity index (χ3n) is 1.98. The van der Waals surface area contributed by atoms with Crippen molar-refractivity contribution in [2.75, 3.05) is 5.73 Å². The van der Waals surface area contributed by atoms with E-state index >= 15 is 0 Å². The average Bonchev–Trinajstić information content (AvgIpc) is 2.28. The van der Waals surface area contributed by atoms with E-state index in [0.29, 0.717) is 11.8 Å². The zero-order chi connectivity index (χ0) is 13.2. The molecule has 7 heteroatoms. The lowest BCUT2D eigenvalue weighted by molar-refractivity contribution is -0.141. The van der Waals surface area contributed by atoms with Crippen molar-refractivity contribution in [1.29, 1.82) is 0 Å². The van der Waals surface area contributed by atoms with E-state index in [1.165, 1.54) is 0 Å². The maximum atomic E-state index is 12.5. The number of aromatic nitrogens is 2. The molecule has 0 aliphatic rings. The third kappa shape index (κ3) is 2.88. The Bertz CT molecular complexity index is 543. The Balaban J connectivity index is 2.32. The molecule has 4 nitrogen and oxygen atoms in total. The molecule has 0 saturated heterocycles. The van der Waals surface area contributed by atoms with E-state index in [1.807, 2.05) is 0 Å². The van der Waals surface area contributed by atoms with E-state index in [0.717, 1.165) is 0 Å². The average molecular weight is 255 g/mol. The Morgan fingerprint density at radius 3 is 2.33 bits per heavy atom. The van der Waals surface area contributed by atoms with Gasteiger partial charge in [-0.15, -0.1) is 0 Å². The van der Waals surface area contributed by atoms with Crippen molar-refractivity contribution in [3.05, 3.63) is 42.1 Å². The van der Waals surface area contributed by atoms with Gasteiger partial charge in [0, 0.05) is 6.07 Å². The van der Waals surface area contributed by atoms with E-state index in [1.54, 1.807) is 30.3 Å². The highest BCUT2D eigenvalue weighted by atomic mass is 19.4. The van der Waals surface area contributed by atoms with Gasteiger partial charge in [0.25, 0.3) is 0 Å². The molecular formula is C11H8F3N3O. The summed E-state index contributed by atoms with van der Waals surface area (Å²) in [5.41, 5.74) is 4.07. The number of hydrogen-bond acceptors (Lipinski definition) is 4. The van der Waals surface area contributed by atoms with E-state index in [2.05, 4.69) is 9.97 Å². The predicted molar refractivity (Wildman–Crippen MR) is 58.0 cm³/mol. The molecule has 0 radical (unpaired) electrons. The van der Waals surface area contributed by atoms with Gasteiger partial charge in [0.05, 0.1) is 0 Å². The van der Waals surface area contributed by atoms with Crippen molar-refractivity contribution in [2.24, 2.45) is 0 Å². The molecule has 2 rings (SSSR count). The number of halogens is 3. The number of nitrogens with zero attached hydrogens (tertiary/aromatic N) is 2. The lowest BCUT2D eigenvalue weighted by atomic mass is 10.3. The molecule has 94 valence electrons. The van der Waals surface area contributed by atoms with Gasteiger partial charge < -0.3 is 10.5 Å². The van der Waals surface area contributed by atoms with E-state index in [-0.39, 0.29) is 5.88 Å². The van der Waals surface area contributed by atoms with Crippen LogP contribution in [-0.2, 0) is 6.18 Å². The maximum absolute atomic E-state index is 12.5.